The van der Waals surface area contributed by atoms with Crippen molar-refractivity contribution in [1.29, 1.82) is 0 Å². The fraction of sp³-hybridized carbons (Fsp3) is 0.250. The van der Waals surface area contributed by atoms with Crippen molar-refractivity contribution in [2.24, 2.45) is 5.73 Å². The molecule has 0 atom stereocenters. The Bertz CT molecular complexity index is 1560. The fourth-order valence-corrected chi connectivity index (χ4v) is 6.03. The number of hydrogen-bond donors (Lipinski definition) is 2. The van der Waals surface area contributed by atoms with E-state index in [1.165, 1.54) is 6.07 Å². The summed E-state index contributed by atoms with van der Waals surface area (Å²) in [4.78, 5) is 29.3. The molecule has 1 aliphatic rings. The van der Waals surface area contributed by atoms with Crippen molar-refractivity contribution in [3.05, 3.63) is 62.8 Å². The zero-order valence-corrected chi connectivity index (χ0v) is 21.6. The van der Waals surface area contributed by atoms with Crippen molar-refractivity contribution in [2.75, 3.05) is 5.32 Å². The van der Waals surface area contributed by atoms with Gasteiger partial charge in [-0.15, -0.1) is 11.3 Å². The largest absolute Gasteiger partial charge is 0.436 e. The first-order valence-electron chi connectivity index (χ1n) is 11.2. The van der Waals surface area contributed by atoms with Gasteiger partial charge in [-0.1, -0.05) is 30.3 Å². The fourth-order valence-electron chi connectivity index (χ4n) is 4.18. The third-order valence-corrected chi connectivity index (χ3v) is 7.82. The number of nitrogens with one attached hydrogen (secondary N) is 1. The number of anilines is 1. The van der Waals surface area contributed by atoms with Crippen LogP contribution in [0.3, 0.4) is 0 Å². The quantitative estimate of drug-likeness (QED) is 0.232. The van der Waals surface area contributed by atoms with Crippen molar-refractivity contribution in [2.45, 2.75) is 37.9 Å². The number of primary amides is 1. The van der Waals surface area contributed by atoms with Gasteiger partial charge >= 0.3 is 6.18 Å². The maximum atomic E-state index is 13.6. The van der Waals surface area contributed by atoms with Crippen molar-refractivity contribution >= 4 is 55.0 Å². The van der Waals surface area contributed by atoms with Gasteiger partial charge in [0.1, 0.15) is 21.9 Å². The average molecular weight is 614 g/mol. The highest BCUT2D eigenvalue weighted by molar-refractivity contribution is 9.10. The number of thiophene rings is 1. The first kappa shape index (κ1) is 26.2. The Hall–Kier alpha value is -3.39. The second-order valence-corrected chi connectivity index (χ2v) is 10.4. The lowest BCUT2D eigenvalue weighted by Gasteiger charge is -2.12. The van der Waals surface area contributed by atoms with Gasteiger partial charge in [0.2, 0.25) is 5.91 Å². The van der Waals surface area contributed by atoms with E-state index in [-0.39, 0.29) is 42.4 Å². The lowest BCUT2D eigenvalue weighted by atomic mass is 10.0. The number of benzene rings is 1. The minimum atomic E-state index is -4.73. The normalized spacial score (nSPS) is 13.9. The second kappa shape index (κ2) is 9.73. The van der Waals surface area contributed by atoms with Gasteiger partial charge in [-0.05, 0) is 46.0 Å². The summed E-state index contributed by atoms with van der Waals surface area (Å²) in [5, 5.41) is 6.40. The molecule has 3 N–H and O–H groups in total. The second-order valence-electron chi connectivity index (χ2n) is 8.64. The van der Waals surface area contributed by atoms with E-state index in [1.807, 2.05) is 0 Å². The van der Waals surface area contributed by atoms with Crippen LogP contribution in [0, 0.1) is 0 Å². The minimum absolute atomic E-state index is 0.0469. The number of fused-ring (bicyclic) bond motifs is 1. The summed E-state index contributed by atoms with van der Waals surface area (Å²) < 4.78 is 68.4. The molecule has 38 heavy (non-hydrogen) atoms. The highest BCUT2D eigenvalue weighted by Crippen LogP contribution is 2.47. The Labute approximate surface area is 224 Å². The van der Waals surface area contributed by atoms with Crippen LogP contribution < -0.4 is 11.1 Å². The van der Waals surface area contributed by atoms with E-state index in [0.29, 0.717) is 18.4 Å². The van der Waals surface area contributed by atoms with Gasteiger partial charge in [0, 0.05) is 11.3 Å². The number of carbonyl (C=O) groups excluding carboxylic acids is 2. The maximum Gasteiger partial charge on any atom is 0.436 e. The van der Waals surface area contributed by atoms with E-state index in [4.69, 9.17) is 5.73 Å². The smallest absolute Gasteiger partial charge is 0.365 e. The number of amides is 2. The first-order valence-corrected chi connectivity index (χ1v) is 12.8. The maximum absolute atomic E-state index is 13.6. The topological polar surface area (TPSA) is 103 Å². The van der Waals surface area contributed by atoms with Gasteiger partial charge in [0.15, 0.2) is 5.69 Å². The number of rotatable bonds is 7. The molecule has 3 heterocycles. The predicted molar refractivity (Wildman–Crippen MR) is 134 cm³/mol. The minimum Gasteiger partial charge on any atom is -0.365 e. The van der Waals surface area contributed by atoms with Crippen LogP contribution >= 0.6 is 27.3 Å². The molecule has 0 unspecified atom stereocenters. The molecule has 4 aromatic rings. The van der Waals surface area contributed by atoms with E-state index in [0.717, 1.165) is 16.0 Å². The Morgan fingerprint density at radius 2 is 1.89 bits per heavy atom. The summed E-state index contributed by atoms with van der Waals surface area (Å²) in [5.74, 6) is -1.89. The number of nitrogens with two attached hydrogens (primary N) is 1. The molecule has 1 fully saturated rings. The third kappa shape index (κ3) is 4.89. The Kier molecular flexibility index (Phi) is 6.71. The highest BCUT2D eigenvalue weighted by atomic mass is 79.9. The Balaban J connectivity index is 1.59. The standard InChI is InChI=1S/C24H17BrF5N5O2S/c25-16-18(11-6-7-11)35(34-20(16)24(28,29)30)9-14(36)33-17-15-12(10-4-2-1-3-5-10)8-13(21(26)27)32-23(15)38-19(17)22(31)37/h1-5,8,11,21H,6-7,9H2,(H2,31,37)(H,33,36). The summed E-state index contributed by atoms with van der Waals surface area (Å²) in [7, 11) is 0. The number of hydrogen-bond acceptors (Lipinski definition) is 5. The van der Waals surface area contributed by atoms with Crippen LogP contribution in [-0.2, 0) is 17.5 Å². The summed E-state index contributed by atoms with van der Waals surface area (Å²) in [6.45, 7) is -0.584. The summed E-state index contributed by atoms with van der Waals surface area (Å²) in [6.07, 6.45) is -6.32. The zero-order valence-electron chi connectivity index (χ0n) is 19.2. The molecule has 0 aliphatic heterocycles. The SMILES string of the molecule is NC(=O)c1sc2nc(C(F)F)cc(-c3ccccc3)c2c1NC(=O)Cn1nc(C(F)(F)F)c(Br)c1C1CC1. The molecule has 3 aromatic heterocycles. The van der Waals surface area contributed by atoms with Crippen LogP contribution in [0.4, 0.5) is 27.6 Å². The first-order chi connectivity index (χ1) is 18.0. The molecule has 0 saturated heterocycles. The molecule has 1 aromatic carbocycles. The predicted octanol–water partition coefficient (Wildman–Crippen LogP) is 6.49. The van der Waals surface area contributed by atoms with Crippen LogP contribution in [0.15, 0.2) is 40.9 Å². The van der Waals surface area contributed by atoms with E-state index in [1.54, 1.807) is 30.3 Å². The molecule has 198 valence electrons. The van der Waals surface area contributed by atoms with Crippen molar-refractivity contribution in [3.63, 3.8) is 0 Å². The summed E-state index contributed by atoms with van der Waals surface area (Å²) >= 11 is 3.72. The van der Waals surface area contributed by atoms with Crippen molar-refractivity contribution in [3.8, 4) is 11.1 Å². The zero-order chi connectivity index (χ0) is 27.4. The Morgan fingerprint density at radius 1 is 1.21 bits per heavy atom. The number of halogens is 6. The average Bonchev–Trinajstić information content (AvgIpc) is 3.54. The molecule has 0 bridgehead atoms. The van der Waals surface area contributed by atoms with Gasteiger partial charge in [-0.2, -0.15) is 18.3 Å². The van der Waals surface area contributed by atoms with Gasteiger partial charge in [0.05, 0.1) is 15.9 Å². The number of pyridine rings is 1. The molecular formula is C24H17BrF5N5O2S. The van der Waals surface area contributed by atoms with Crippen LogP contribution in [0.25, 0.3) is 21.3 Å². The van der Waals surface area contributed by atoms with Crippen molar-refractivity contribution in [1.82, 2.24) is 14.8 Å². The number of aromatic nitrogens is 3. The van der Waals surface area contributed by atoms with Crippen LogP contribution in [0.2, 0.25) is 0 Å². The summed E-state index contributed by atoms with van der Waals surface area (Å²) in [5.41, 5.74) is 4.88. The molecule has 1 saturated carbocycles. The Morgan fingerprint density at radius 3 is 2.47 bits per heavy atom. The number of alkyl halides is 5. The molecule has 5 rings (SSSR count). The van der Waals surface area contributed by atoms with Gasteiger partial charge in [-0.3, -0.25) is 14.3 Å². The lowest BCUT2D eigenvalue weighted by molar-refractivity contribution is -0.142. The van der Waals surface area contributed by atoms with Crippen LogP contribution in [0.5, 0.6) is 0 Å². The van der Waals surface area contributed by atoms with Crippen LogP contribution in [0.1, 0.15) is 51.9 Å². The molecular weight excluding hydrogens is 597 g/mol. The third-order valence-electron chi connectivity index (χ3n) is 5.94. The van der Waals surface area contributed by atoms with E-state index < -0.39 is 42.3 Å². The van der Waals surface area contributed by atoms with Gasteiger partial charge in [0.25, 0.3) is 12.3 Å². The van der Waals surface area contributed by atoms with Crippen LogP contribution in [-0.4, -0.2) is 26.6 Å². The lowest BCUT2D eigenvalue weighted by Crippen LogP contribution is -2.23. The highest BCUT2D eigenvalue weighted by Gasteiger charge is 2.42. The van der Waals surface area contributed by atoms with Gasteiger partial charge < -0.3 is 11.1 Å². The molecule has 0 radical (unpaired) electrons. The molecule has 14 heteroatoms. The van der Waals surface area contributed by atoms with Gasteiger partial charge in [-0.25, -0.2) is 13.8 Å². The molecule has 7 nitrogen and oxygen atoms in total. The van der Waals surface area contributed by atoms with E-state index >= 15 is 0 Å². The number of carbonyl (C=O) groups is 2. The number of nitrogens with zero attached hydrogens (tertiary/aromatic N) is 3. The molecule has 1 aliphatic carbocycles. The van der Waals surface area contributed by atoms with E-state index in [2.05, 4.69) is 31.3 Å². The monoisotopic (exact) mass is 613 g/mol. The van der Waals surface area contributed by atoms with E-state index in [9.17, 15) is 31.5 Å². The molecule has 2 amide bonds. The van der Waals surface area contributed by atoms with Crippen molar-refractivity contribution < 1.29 is 31.5 Å². The molecule has 0 spiro atoms. The summed E-state index contributed by atoms with van der Waals surface area (Å²) in [6, 6.07) is 9.61.